The van der Waals surface area contributed by atoms with Crippen molar-refractivity contribution in [2.45, 2.75) is 38.5 Å². The van der Waals surface area contributed by atoms with Gasteiger partial charge in [-0.15, -0.1) is 24.0 Å². The molecule has 1 aromatic rings. The average molecular weight is 503 g/mol. The van der Waals surface area contributed by atoms with E-state index in [1.54, 1.807) is 21.3 Å². The van der Waals surface area contributed by atoms with Crippen LogP contribution in [-0.2, 0) is 6.42 Å². The number of rotatable bonds is 6. The van der Waals surface area contributed by atoms with E-state index >= 15 is 0 Å². The molecule has 2 fully saturated rings. The first-order chi connectivity index (χ1) is 13.2. The number of halogens is 1. The molecule has 0 amide bonds. The largest absolute Gasteiger partial charge is 0.493 e. The number of nitrogens with zero attached hydrogens (tertiary/aromatic N) is 2. The minimum Gasteiger partial charge on any atom is -0.493 e. The van der Waals surface area contributed by atoms with Crippen LogP contribution in [0.1, 0.15) is 37.7 Å². The summed E-state index contributed by atoms with van der Waals surface area (Å²) in [5.41, 5.74) is 1.64. The van der Waals surface area contributed by atoms with E-state index in [9.17, 15) is 0 Å². The van der Waals surface area contributed by atoms with Crippen LogP contribution in [0.15, 0.2) is 17.1 Å². The Morgan fingerprint density at radius 2 is 1.79 bits per heavy atom. The van der Waals surface area contributed by atoms with Gasteiger partial charge in [0.15, 0.2) is 17.5 Å². The van der Waals surface area contributed by atoms with E-state index in [1.165, 1.54) is 32.1 Å². The normalized spacial score (nSPS) is 18.1. The molecule has 1 aromatic carbocycles. The van der Waals surface area contributed by atoms with Crippen molar-refractivity contribution in [3.63, 3.8) is 0 Å². The van der Waals surface area contributed by atoms with Gasteiger partial charge in [0.1, 0.15) is 0 Å². The summed E-state index contributed by atoms with van der Waals surface area (Å²) in [5.74, 6) is 3.07. The van der Waals surface area contributed by atoms with Crippen LogP contribution in [0.4, 0.5) is 0 Å². The van der Waals surface area contributed by atoms with Gasteiger partial charge in [0.25, 0.3) is 0 Å². The highest BCUT2D eigenvalue weighted by Gasteiger charge is 2.41. The number of nitrogens with one attached hydrogen (secondary N) is 1. The van der Waals surface area contributed by atoms with Gasteiger partial charge in [0.2, 0.25) is 5.75 Å². The molecule has 158 valence electrons. The summed E-state index contributed by atoms with van der Waals surface area (Å²) in [6, 6.07) is 3.96. The smallest absolute Gasteiger partial charge is 0.203 e. The van der Waals surface area contributed by atoms with Crippen molar-refractivity contribution in [2.24, 2.45) is 10.4 Å². The van der Waals surface area contributed by atoms with Gasteiger partial charge in [0.05, 0.1) is 21.3 Å². The molecule has 3 rings (SSSR count). The average Bonchev–Trinajstić information content (AvgIpc) is 3.34. The predicted octanol–water partition coefficient (Wildman–Crippen LogP) is 3.71. The molecule has 0 aromatic heterocycles. The molecule has 6 nitrogen and oxygen atoms in total. The SMILES string of the molecule is CN=C(NCCc1ccc(OC)c(OC)c1OC)N1CCC2(CCCC2)C1.I. The summed E-state index contributed by atoms with van der Waals surface area (Å²) in [5, 5.41) is 3.53. The van der Waals surface area contributed by atoms with Crippen LogP contribution < -0.4 is 19.5 Å². The van der Waals surface area contributed by atoms with E-state index in [-0.39, 0.29) is 24.0 Å². The van der Waals surface area contributed by atoms with E-state index < -0.39 is 0 Å². The quantitative estimate of drug-likeness (QED) is 0.365. The minimum atomic E-state index is 0. The molecule has 1 aliphatic carbocycles. The number of likely N-dealkylation sites (tertiary alicyclic amines) is 1. The van der Waals surface area contributed by atoms with Crippen LogP contribution in [0.25, 0.3) is 0 Å². The lowest BCUT2D eigenvalue weighted by Gasteiger charge is -2.26. The van der Waals surface area contributed by atoms with Gasteiger partial charge >= 0.3 is 0 Å². The zero-order valence-corrected chi connectivity index (χ0v) is 19.9. The lowest BCUT2D eigenvalue weighted by Crippen LogP contribution is -2.41. The monoisotopic (exact) mass is 503 g/mol. The number of benzene rings is 1. The van der Waals surface area contributed by atoms with Crippen molar-refractivity contribution in [3.8, 4) is 17.2 Å². The van der Waals surface area contributed by atoms with E-state index in [1.807, 2.05) is 19.2 Å². The first-order valence-corrected chi connectivity index (χ1v) is 9.90. The van der Waals surface area contributed by atoms with Crippen LogP contribution in [0.2, 0.25) is 0 Å². The standard InChI is InChI=1S/C21H33N3O3.HI/c1-22-20(24-14-12-21(15-24)10-5-6-11-21)23-13-9-16-7-8-17(25-2)19(27-4)18(16)26-3;/h7-8H,5-6,9-15H2,1-4H3,(H,22,23);1H. The van der Waals surface area contributed by atoms with Crippen LogP contribution in [-0.4, -0.2) is 58.9 Å². The minimum absolute atomic E-state index is 0. The summed E-state index contributed by atoms with van der Waals surface area (Å²) < 4.78 is 16.4. The Labute approximate surface area is 186 Å². The van der Waals surface area contributed by atoms with Gasteiger partial charge in [-0.3, -0.25) is 4.99 Å². The second kappa shape index (κ2) is 10.4. The Morgan fingerprint density at radius 3 is 2.39 bits per heavy atom. The first-order valence-electron chi connectivity index (χ1n) is 9.90. The summed E-state index contributed by atoms with van der Waals surface area (Å²) >= 11 is 0. The van der Waals surface area contributed by atoms with Gasteiger partial charge in [-0.2, -0.15) is 0 Å². The molecule has 7 heteroatoms. The number of aliphatic imine (C=N–C) groups is 1. The van der Waals surface area contributed by atoms with Crippen LogP contribution in [0.3, 0.4) is 0 Å². The highest BCUT2D eigenvalue weighted by atomic mass is 127. The molecule has 0 unspecified atom stereocenters. The maximum atomic E-state index is 5.58. The fraction of sp³-hybridized carbons (Fsp3) is 0.667. The van der Waals surface area contributed by atoms with Gasteiger partial charge in [-0.25, -0.2) is 0 Å². The molecule has 28 heavy (non-hydrogen) atoms. The van der Waals surface area contributed by atoms with Crippen molar-refractivity contribution in [1.29, 1.82) is 0 Å². The third kappa shape index (κ3) is 4.78. The number of hydrogen-bond donors (Lipinski definition) is 1. The summed E-state index contributed by atoms with van der Waals surface area (Å²) in [7, 11) is 6.81. The second-order valence-corrected chi connectivity index (χ2v) is 7.60. The van der Waals surface area contributed by atoms with Crippen molar-refractivity contribution in [3.05, 3.63) is 17.7 Å². The van der Waals surface area contributed by atoms with Crippen molar-refractivity contribution >= 4 is 29.9 Å². The lowest BCUT2D eigenvalue weighted by molar-refractivity contribution is 0.309. The Kier molecular flexibility index (Phi) is 8.52. The fourth-order valence-electron chi connectivity index (χ4n) is 4.65. The molecule has 0 atom stereocenters. The fourth-order valence-corrected chi connectivity index (χ4v) is 4.65. The molecule has 1 aliphatic heterocycles. The third-order valence-corrected chi connectivity index (χ3v) is 6.08. The summed E-state index contributed by atoms with van der Waals surface area (Å²) in [6.07, 6.45) is 7.66. The highest BCUT2D eigenvalue weighted by Crippen LogP contribution is 2.45. The topological polar surface area (TPSA) is 55.3 Å². The summed E-state index contributed by atoms with van der Waals surface area (Å²) in [4.78, 5) is 6.94. The molecular weight excluding hydrogens is 469 g/mol. The molecule has 0 bridgehead atoms. The van der Waals surface area contributed by atoms with Gasteiger partial charge in [0, 0.05) is 32.2 Å². The molecule has 1 N–H and O–H groups in total. The number of guanidine groups is 1. The van der Waals surface area contributed by atoms with Gasteiger partial charge in [-0.05, 0) is 37.2 Å². The van der Waals surface area contributed by atoms with Crippen LogP contribution >= 0.6 is 24.0 Å². The highest BCUT2D eigenvalue weighted by molar-refractivity contribution is 14.0. The zero-order valence-electron chi connectivity index (χ0n) is 17.5. The van der Waals surface area contributed by atoms with Crippen molar-refractivity contribution in [1.82, 2.24) is 10.2 Å². The van der Waals surface area contributed by atoms with E-state index in [2.05, 4.69) is 15.2 Å². The molecule has 0 radical (unpaired) electrons. The zero-order chi connectivity index (χ0) is 19.3. The van der Waals surface area contributed by atoms with Gasteiger partial charge < -0.3 is 24.4 Å². The molecule has 1 saturated heterocycles. The molecular formula is C21H34IN3O3. The Bertz CT molecular complexity index is 675. The van der Waals surface area contributed by atoms with Crippen molar-refractivity contribution < 1.29 is 14.2 Å². The van der Waals surface area contributed by atoms with E-state index in [0.29, 0.717) is 16.9 Å². The van der Waals surface area contributed by atoms with Crippen LogP contribution in [0, 0.1) is 5.41 Å². The van der Waals surface area contributed by atoms with Crippen LogP contribution in [0.5, 0.6) is 17.2 Å². The maximum absolute atomic E-state index is 5.58. The molecule has 1 saturated carbocycles. The molecule has 2 aliphatic rings. The van der Waals surface area contributed by atoms with Gasteiger partial charge in [-0.1, -0.05) is 18.9 Å². The summed E-state index contributed by atoms with van der Waals surface area (Å²) in [6.45, 7) is 3.05. The second-order valence-electron chi connectivity index (χ2n) is 7.60. The Hall–Kier alpha value is -1.38. The number of methoxy groups -OCH3 is 3. The molecule has 1 spiro atoms. The third-order valence-electron chi connectivity index (χ3n) is 6.08. The lowest BCUT2D eigenvalue weighted by atomic mass is 9.86. The molecule has 1 heterocycles. The van der Waals surface area contributed by atoms with E-state index in [4.69, 9.17) is 14.2 Å². The van der Waals surface area contributed by atoms with Crippen molar-refractivity contribution in [2.75, 3.05) is 48.0 Å². The Balaban J connectivity index is 0.00000280. The van der Waals surface area contributed by atoms with E-state index in [0.717, 1.165) is 43.3 Å². The first kappa shape index (κ1) is 22.9. The maximum Gasteiger partial charge on any atom is 0.203 e. The number of ether oxygens (including phenoxy) is 3. The predicted molar refractivity (Wildman–Crippen MR) is 124 cm³/mol. The number of hydrogen-bond acceptors (Lipinski definition) is 4. The Morgan fingerprint density at radius 1 is 1.07 bits per heavy atom.